The lowest BCUT2D eigenvalue weighted by Crippen LogP contribution is -2.40. The van der Waals surface area contributed by atoms with Gasteiger partial charge in [-0.2, -0.15) is 0 Å². The third-order valence-electron chi connectivity index (χ3n) is 2.37. The second kappa shape index (κ2) is 5.12. The molecule has 1 amide bonds. The molecule has 1 aromatic rings. The minimum atomic E-state index is -0.250. The molecule has 0 aliphatic heterocycles. The summed E-state index contributed by atoms with van der Waals surface area (Å²) < 4.78 is 9.92. The van der Waals surface area contributed by atoms with E-state index in [1.165, 1.54) is 12.3 Å². The third-order valence-corrected chi connectivity index (χ3v) is 2.37. The molecule has 1 heterocycles. The minimum absolute atomic E-state index is 0.0220. The first-order chi connectivity index (χ1) is 7.45. The van der Waals surface area contributed by atoms with E-state index in [-0.39, 0.29) is 23.1 Å². The Labute approximate surface area is 95.1 Å². The summed E-state index contributed by atoms with van der Waals surface area (Å²) in [6.07, 6.45) is 1.33. The van der Waals surface area contributed by atoms with Crippen LogP contribution in [0.3, 0.4) is 0 Å². The molecule has 0 saturated carbocycles. The number of aromatic nitrogens is 1. The van der Waals surface area contributed by atoms with Crippen molar-refractivity contribution in [2.24, 2.45) is 5.41 Å². The minimum Gasteiger partial charge on any atom is -0.379 e. The van der Waals surface area contributed by atoms with Crippen molar-refractivity contribution < 1.29 is 14.1 Å². The fourth-order valence-electron chi connectivity index (χ4n) is 1.35. The lowest BCUT2D eigenvalue weighted by atomic mass is 9.89. The summed E-state index contributed by atoms with van der Waals surface area (Å²) in [5.74, 6) is -0.250. The Morgan fingerprint density at radius 1 is 1.62 bits per heavy atom. The number of nitrogens with zero attached hydrogens (tertiary/aromatic N) is 1. The maximum Gasteiger partial charge on any atom is 0.273 e. The summed E-state index contributed by atoms with van der Waals surface area (Å²) in [7, 11) is 1.64. The zero-order chi connectivity index (χ0) is 12.2. The maximum atomic E-state index is 11.6. The number of hydrogen-bond donors (Lipinski definition) is 1. The molecule has 16 heavy (non-hydrogen) atoms. The number of nitrogens with one attached hydrogen (secondary N) is 1. The predicted molar refractivity (Wildman–Crippen MR) is 59.1 cm³/mol. The van der Waals surface area contributed by atoms with Gasteiger partial charge in [0.25, 0.3) is 5.91 Å². The van der Waals surface area contributed by atoms with Gasteiger partial charge in [0.05, 0.1) is 6.10 Å². The van der Waals surface area contributed by atoms with E-state index in [2.05, 4.69) is 35.8 Å². The molecule has 90 valence electrons. The van der Waals surface area contributed by atoms with E-state index in [0.29, 0.717) is 6.54 Å². The van der Waals surface area contributed by atoms with Crippen LogP contribution in [0.4, 0.5) is 0 Å². The Morgan fingerprint density at radius 2 is 2.31 bits per heavy atom. The standard InChI is InChI=1S/C11H18N2O3/c1-11(2,3)9(15-4)7-12-10(14)8-5-6-16-13-8/h5-6,9H,7H2,1-4H3,(H,12,14). The quantitative estimate of drug-likeness (QED) is 0.844. The molecule has 1 rings (SSSR count). The van der Waals surface area contributed by atoms with Crippen molar-refractivity contribution >= 4 is 5.91 Å². The van der Waals surface area contributed by atoms with Gasteiger partial charge >= 0.3 is 0 Å². The van der Waals surface area contributed by atoms with E-state index in [4.69, 9.17) is 4.74 Å². The summed E-state index contributed by atoms with van der Waals surface area (Å²) >= 11 is 0. The summed E-state index contributed by atoms with van der Waals surface area (Å²) in [4.78, 5) is 11.6. The smallest absolute Gasteiger partial charge is 0.273 e. The van der Waals surface area contributed by atoms with E-state index in [9.17, 15) is 4.79 Å². The van der Waals surface area contributed by atoms with Gasteiger partial charge in [-0.1, -0.05) is 25.9 Å². The largest absolute Gasteiger partial charge is 0.379 e. The SMILES string of the molecule is COC(CNC(=O)c1ccon1)C(C)(C)C. The lowest BCUT2D eigenvalue weighted by Gasteiger charge is -2.29. The molecule has 0 saturated heterocycles. The van der Waals surface area contributed by atoms with E-state index in [0.717, 1.165) is 0 Å². The predicted octanol–water partition coefficient (Wildman–Crippen LogP) is 1.47. The van der Waals surface area contributed by atoms with E-state index in [1.54, 1.807) is 7.11 Å². The van der Waals surface area contributed by atoms with Crippen LogP contribution < -0.4 is 5.32 Å². The Morgan fingerprint density at radius 3 is 2.75 bits per heavy atom. The van der Waals surface area contributed by atoms with Crippen molar-refractivity contribution in [2.45, 2.75) is 26.9 Å². The average Bonchev–Trinajstić information content (AvgIpc) is 2.68. The van der Waals surface area contributed by atoms with Crippen LogP contribution in [0.15, 0.2) is 16.9 Å². The lowest BCUT2D eigenvalue weighted by molar-refractivity contribution is 0.0175. The second-order valence-corrected chi connectivity index (χ2v) is 4.69. The molecule has 1 N–H and O–H groups in total. The molecule has 0 radical (unpaired) electrons. The molecule has 1 atom stereocenters. The molecule has 0 aliphatic rings. The van der Waals surface area contributed by atoms with Crippen LogP contribution in [0.2, 0.25) is 0 Å². The number of methoxy groups -OCH3 is 1. The maximum absolute atomic E-state index is 11.6. The van der Waals surface area contributed by atoms with Crippen molar-refractivity contribution in [1.82, 2.24) is 10.5 Å². The Hall–Kier alpha value is -1.36. The normalized spacial score (nSPS) is 13.5. The molecular formula is C11H18N2O3. The van der Waals surface area contributed by atoms with Crippen molar-refractivity contribution in [3.63, 3.8) is 0 Å². The van der Waals surface area contributed by atoms with Crippen molar-refractivity contribution in [3.8, 4) is 0 Å². The molecule has 5 nitrogen and oxygen atoms in total. The molecule has 1 unspecified atom stereocenters. The van der Waals surface area contributed by atoms with Gasteiger partial charge in [0, 0.05) is 19.7 Å². The van der Waals surface area contributed by atoms with Crippen LogP contribution in [-0.4, -0.2) is 30.8 Å². The topological polar surface area (TPSA) is 64.4 Å². The highest BCUT2D eigenvalue weighted by Crippen LogP contribution is 2.20. The highest BCUT2D eigenvalue weighted by Gasteiger charge is 2.25. The highest BCUT2D eigenvalue weighted by molar-refractivity contribution is 5.91. The number of ether oxygens (including phenoxy) is 1. The van der Waals surface area contributed by atoms with E-state index >= 15 is 0 Å². The van der Waals surface area contributed by atoms with Crippen LogP contribution in [-0.2, 0) is 4.74 Å². The first-order valence-electron chi connectivity index (χ1n) is 5.16. The van der Waals surface area contributed by atoms with Gasteiger partial charge in [-0.3, -0.25) is 4.79 Å². The molecule has 0 aromatic carbocycles. The summed E-state index contributed by atoms with van der Waals surface area (Å²) in [5, 5.41) is 6.31. The number of amides is 1. The van der Waals surface area contributed by atoms with Gasteiger partial charge in [-0.25, -0.2) is 0 Å². The molecule has 0 fully saturated rings. The van der Waals surface area contributed by atoms with Gasteiger partial charge < -0.3 is 14.6 Å². The summed E-state index contributed by atoms with van der Waals surface area (Å²) in [5.41, 5.74) is 0.259. The van der Waals surface area contributed by atoms with Crippen molar-refractivity contribution in [2.75, 3.05) is 13.7 Å². The molecule has 0 spiro atoms. The van der Waals surface area contributed by atoms with Crippen LogP contribution in [0, 0.1) is 5.41 Å². The van der Waals surface area contributed by atoms with Gasteiger partial charge in [0.1, 0.15) is 6.26 Å². The van der Waals surface area contributed by atoms with Crippen LogP contribution in [0.25, 0.3) is 0 Å². The van der Waals surface area contributed by atoms with Crippen LogP contribution in [0.5, 0.6) is 0 Å². The van der Waals surface area contributed by atoms with Crippen LogP contribution in [0.1, 0.15) is 31.3 Å². The van der Waals surface area contributed by atoms with Gasteiger partial charge in [-0.15, -0.1) is 0 Å². The zero-order valence-corrected chi connectivity index (χ0v) is 10.1. The zero-order valence-electron chi connectivity index (χ0n) is 10.1. The molecule has 1 aromatic heterocycles. The van der Waals surface area contributed by atoms with Gasteiger partial charge in [0.2, 0.25) is 0 Å². The fraction of sp³-hybridized carbons (Fsp3) is 0.636. The van der Waals surface area contributed by atoms with Gasteiger partial charge in [0.15, 0.2) is 5.69 Å². The summed E-state index contributed by atoms with van der Waals surface area (Å²) in [6.45, 7) is 6.63. The number of rotatable bonds is 4. The highest BCUT2D eigenvalue weighted by atomic mass is 16.5. The van der Waals surface area contributed by atoms with Crippen LogP contribution >= 0.6 is 0 Å². The fourth-order valence-corrected chi connectivity index (χ4v) is 1.35. The Bertz CT molecular complexity index is 327. The molecule has 0 aliphatic carbocycles. The molecule has 0 bridgehead atoms. The molecule has 5 heteroatoms. The number of hydrogen-bond acceptors (Lipinski definition) is 4. The third kappa shape index (κ3) is 3.34. The number of carbonyl (C=O) groups excluding carboxylic acids is 1. The van der Waals surface area contributed by atoms with Gasteiger partial charge in [-0.05, 0) is 5.41 Å². The van der Waals surface area contributed by atoms with Crippen molar-refractivity contribution in [3.05, 3.63) is 18.0 Å². The first kappa shape index (κ1) is 12.7. The molecular weight excluding hydrogens is 208 g/mol. The van der Waals surface area contributed by atoms with E-state index in [1.807, 2.05) is 0 Å². The monoisotopic (exact) mass is 226 g/mol. The Balaban J connectivity index is 2.48. The second-order valence-electron chi connectivity index (χ2n) is 4.69. The summed E-state index contributed by atoms with van der Waals surface area (Å²) in [6, 6.07) is 1.52. The van der Waals surface area contributed by atoms with E-state index < -0.39 is 0 Å². The Kier molecular flexibility index (Phi) is 4.06. The number of carbonyl (C=O) groups is 1. The average molecular weight is 226 g/mol. The first-order valence-corrected chi connectivity index (χ1v) is 5.16. The van der Waals surface area contributed by atoms with Crippen molar-refractivity contribution in [1.29, 1.82) is 0 Å².